The Hall–Kier alpha value is -2.60. The molecule has 0 spiro atoms. The Bertz CT molecular complexity index is 780. The number of nitrogens with one attached hydrogen (secondary N) is 2. The molecule has 6 nitrogen and oxygen atoms in total. The van der Waals surface area contributed by atoms with Crippen LogP contribution in [0.3, 0.4) is 0 Å². The molecule has 0 radical (unpaired) electrons. The molecule has 2 aromatic rings. The summed E-state index contributed by atoms with van der Waals surface area (Å²) >= 11 is 0. The van der Waals surface area contributed by atoms with Gasteiger partial charge in [0.1, 0.15) is 11.5 Å². The van der Waals surface area contributed by atoms with E-state index < -0.39 is 17.9 Å². The fraction of sp³-hybridized carbons (Fsp3) is 0.368. The molecule has 2 rings (SSSR count). The summed E-state index contributed by atoms with van der Waals surface area (Å²) in [6, 6.07) is 7.28. The van der Waals surface area contributed by atoms with Gasteiger partial charge in [0.2, 0.25) is 0 Å². The Morgan fingerprint density at radius 2 is 1.88 bits per heavy atom. The first-order valence-corrected chi connectivity index (χ1v) is 8.20. The number of aryl methyl sites for hydroxylation is 3. The monoisotopic (exact) mass is 344 g/mol. The van der Waals surface area contributed by atoms with E-state index in [2.05, 4.69) is 10.6 Å². The summed E-state index contributed by atoms with van der Waals surface area (Å²) in [5.74, 6) is -0.0702. The summed E-state index contributed by atoms with van der Waals surface area (Å²) in [6.45, 7) is 7.59. The summed E-state index contributed by atoms with van der Waals surface area (Å²) in [7, 11) is 0. The lowest BCUT2D eigenvalue weighted by Gasteiger charge is -2.12. The van der Waals surface area contributed by atoms with Gasteiger partial charge in [0, 0.05) is 17.8 Å². The van der Waals surface area contributed by atoms with Crippen LogP contribution >= 0.6 is 0 Å². The van der Waals surface area contributed by atoms with Crippen molar-refractivity contribution in [2.45, 2.75) is 40.2 Å². The molecule has 1 heterocycles. The molecule has 0 aliphatic heterocycles. The number of rotatable bonds is 5. The van der Waals surface area contributed by atoms with E-state index in [1.807, 2.05) is 32.9 Å². The van der Waals surface area contributed by atoms with Gasteiger partial charge in [0.05, 0.1) is 6.10 Å². The van der Waals surface area contributed by atoms with Crippen molar-refractivity contribution < 1.29 is 19.1 Å². The Morgan fingerprint density at radius 3 is 2.52 bits per heavy atom. The van der Waals surface area contributed by atoms with Gasteiger partial charge in [-0.1, -0.05) is 12.1 Å². The number of hydrogen-bond acceptors (Lipinski definition) is 4. The lowest BCUT2D eigenvalue weighted by molar-refractivity contribution is -0.136. The van der Waals surface area contributed by atoms with E-state index in [1.54, 1.807) is 19.1 Å². The predicted molar refractivity (Wildman–Crippen MR) is 95.3 cm³/mol. The molecule has 3 N–H and O–H groups in total. The minimum Gasteiger partial charge on any atom is -0.466 e. The van der Waals surface area contributed by atoms with Gasteiger partial charge in [-0.3, -0.25) is 9.59 Å². The minimum absolute atomic E-state index is 0.184. The van der Waals surface area contributed by atoms with Gasteiger partial charge >= 0.3 is 11.8 Å². The first-order chi connectivity index (χ1) is 11.8. The van der Waals surface area contributed by atoms with Crippen molar-refractivity contribution in [2.75, 3.05) is 11.9 Å². The second kappa shape index (κ2) is 7.98. The number of carbonyl (C=O) groups is 2. The number of furan rings is 1. The van der Waals surface area contributed by atoms with Gasteiger partial charge in [0.15, 0.2) is 0 Å². The third-order valence-corrected chi connectivity index (χ3v) is 4.20. The zero-order valence-corrected chi connectivity index (χ0v) is 15.0. The molecular formula is C19H24N2O4. The van der Waals surface area contributed by atoms with Crippen molar-refractivity contribution in [1.82, 2.24) is 5.32 Å². The Kier molecular flexibility index (Phi) is 5.98. The van der Waals surface area contributed by atoms with Crippen LogP contribution in [0.5, 0.6) is 0 Å². The molecule has 1 atom stereocenters. The van der Waals surface area contributed by atoms with Crippen LogP contribution in [0.2, 0.25) is 0 Å². The molecule has 0 fully saturated rings. The lowest BCUT2D eigenvalue weighted by atomic mass is 10.1. The van der Waals surface area contributed by atoms with Crippen LogP contribution in [-0.4, -0.2) is 23.5 Å². The molecule has 25 heavy (non-hydrogen) atoms. The highest BCUT2D eigenvalue weighted by atomic mass is 16.3. The fourth-order valence-corrected chi connectivity index (χ4v) is 2.61. The highest BCUT2D eigenvalue weighted by Gasteiger charge is 2.17. The number of aliphatic hydroxyl groups excluding tert-OH is 1. The molecule has 1 aromatic carbocycles. The van der Waals surface area contributed by atoms with Crippen molar-refractivity contribution in [3.8, 4) is 0 Å². The maximum atomic E-state index is 12.0. The minimum atomic E-state index is -0.750. The average molecular weight is 344 g/mol. The van der Waals surface area contributed by atoms with Gasteiger partial charge in [-0.15, -0.1) is 0 Å². The number of amides is 2. The fourth-order valence-electron chi connectivity index (χ4n) is 2.61. The smallest absolute Gasteiger partial charge is 0.313 e. The van der Waals surface area contributed by atoms with E-state index >= 15 is 0 Å². The van der Waals surface area contributed by atoms with Crippen LogP contribution in [-0.2, 0) is 9.59 Å². The molecule has 2 amide bonds. The predicted octanol–water partition coefficient (Wildman–Crippen LogP) is 2.69. The number of anilines is 1. The second-order valence-corrected chi connectivity index (χ2v) is 6.13. The van der Waals surface area contributed by atoms with Crippen molar-refractivity contribution in [3.63, 3.8) is 0 Å². The third kappa shape index (κ3) is 4.70. The molecule has 0 aliphatic carbocycles. The second-order valence-electron chi connectivity index (χ2n) is 6.13. The molecular weight excluding hydrogens is 320 g/mol. The van der Waals surface area contributed by atoms with Crippen molar-refractivity contribution in [1.29, 1.82) is 0 Å². The normalized spacial score (nSPS) is 11.9. The summed E-state index contributed by atoms with van der Waals surface area (Å²) in [5, 5.41) is 15.3. The van der Waals surface area contributed by atoms with E-state index in [4.69, 9.17) is 4.42 Å². The standard InChI is InChI=1S/C19H24N2O4/c1-11-6-5-7-16(13(11)3)21-19(24)18(23)20-9-8-17(22)15-10-12(2)25-14(15)4/h5-7,10,17,22H,8-9H2,1-4H3,(H,20,23)(H,21,24). The number of hydrogen-bond donors (Lipinski definition) is 3. The molecule has 0 saturated heterocycles. The summed E-state index contributed by atoms with van der Waals surface area (Å²) in [5.41, 5.74) is 3.27. The van der Waals surface area contributed by atoms with Crippen LogP contribution in [0.25, 0.3) is 0 Å². The average Bonchev–Trinajstić information content (AvgIpc) is 2.90. The Morgan fingerprint density at radius 1 is 1.16 bits per heavy atom. The van der Waals surface area contributed by atoms with Gasteiger partial charge in [-0.25, -0.2) is 0 Å². The quantitative estimate of drug-likeness (QED) is 0.727. The molecule has 134 valence electrons. The van der Waals surface area contributed by atoms with Crippen LogP contribution in [0.15, 0.2) is 28.7 Å². The van der Waals surface area contributed by atoms with E-state index in [-0.39, 0.29) is 6.54 Å². The summed E-state index contributed by atoms with van der Waals surface area (Å²) in [6.07, 6.45) is -0.456. The molecule has 0 aliphatic rings. The maximum Gasteiger partial charge on any atom is 0.313 e. The van der Waals surface area contributed by atoms with Crippen molar-refractivity contribution in [3.05, 3.63) is 52.5 Å². The van der Waals surface area contributed by atoms with Crippen molar-refractivity contribution >= 4 is 17.5 Å². The number of carbonyl (C=O) groups excluding carboxylic acids is 2. The number of benzene rings is 1. The largest absolute Gasteiger partial charge is 0.466 e. The van der Waals surface area contributed by atoms with Gasteiger partial charge in [-0.05, 0) is 57.4 Å². The maximum absolute atomic E-state index is 12.0. The number of aliphatic hydroxyl groups is 1. The van der Waals surface area contributed by atoms with Gasteiger partial charge in [-0.2, -0.15) is 0 Å². The van der Waals surface area contributed by atoms with Crippen molar-refractivity contribution in [2.24, 2.45) is 0 Å². The highest BCUT2D eigenvalue weighted by Crippen LogP contribution is 2.23. The summed E-state index contributed by atoms with van der Waals surface area (Å²) in [4.78, 5) is 23.9. The molecule has 0 bridgehead atoms. The Labute approximate surface area is 147 Å². The SMILES string of the molecule is Cc1cc(C(O)CCNC(=O)C(=O)Nc2cccc(C)c2C)c(C)o1. The van der Waals surface area contributed by atoms with E-state index in [0.29, 0.717) is 23.4 Å². The zero-order chi connectivity index (χ0) is 18.6. The molecule has 0 saturated carbocycles. The van der Waals surface area contributed by atoms with Gasteiger partial charge in [0.25, 0.3) is 0 Å². The topological polar surface area (TPSA) is 91.6 Å². The highest BCUT2D eigenvalue weighted by molar-refractivity contribution is 6.39. The molecule has 6 heteroatoms. The zero-order valence-electron chi connectivity index (χ0n) is 15.0. The Balaban J connectivity index is 1.84. The van der Waals surface area contributed by atoms with Crippen LogP contribution in [0, 0.1) is 27.7 Å². The molecule has 1 aromatic heterocycles. The van der Waals surface area contributed by atoms with Crippen LogP contribution in [0.1, 0.15) is 40.7 Å². The third-order valence-electron chi connectivity index (χ3n) is 4.20. The van der Waals surface area contributed by atoms with E-state index in [9.17, 15) is 14.7 Å². The first-order valence-electron chi connectivity index (χ1n) is 8.20. The van der Waals surface area contributed by atoms with Gasteiger partial charge < -0.3 is 20.2 Å². The van der Waals surface area contributed by atoms with E-state index in [1.165, 1.54) is 0 Å². The lowest BCUT2D eigenvalue weighted by Crippen LogP contribution is -2.36. The first kappa shape index (κ1) is 18.7. The van der Waals surface area contributed by atoms with Crippen LogP contribution in [0.4, 0.5) is 5.69 Å². The molecule has 1 unspecified atom stereocenters. The van der Waals surface area contributed by atoms with E-state index in [0.717, 1.165) is 16.9 Å². The summed E-state index contributed by atoms with van der Waals surface area (Å²) < 4.78 is 5.38. The van der Waals surface area contributed by atoms with Crippen LogP contribution < -0.4 is 10.6 Å².